The number of hydroxylamine groups is 1. The number of pyridine rings is 1. The molecule has 1 heterocycles. The van der Waals surface area contributed by atoms with E-state index in [1.165, 1.54) is 5.56 Å². The maximum atomic E-state index is 12.6. The largest absolute Gasteiger partial charge is 0.493 e. The number of carbonyl (C=O) groups excluding carboxylic acids is 2. The number of aryl methyl sites for hydroxylation is 1. The first-order valence-corrected chi connectivity index (χ1v) is 12.3. The molecule has 4 rings (SSSR count). The smallest absolute Gasteiger partial charge is 0.251 e. The Kier molecular flexibility index (Phi) is 7.98. The van der Waals surface area contributed by atoms with Crippen molar-refractivity contribution in [1.29, 1.82) is 0 Å². The van der Waals surface area contributed by atoms with Crippen molar-refractivity contribution in [1.82, 2.24) is 15.8 Å². The van der Waals surface area contributed by atoms with Crippen LogP contribution in [0.25, 0.3) is 10.9 Å². The molecule has 7 heteroatoms. The molecule has 0 saturated heterocycles. The lowest BCUT2D eigenvalue weighted by atomic mass is 9.71. The van der Waals surface area contributed by atoms with Gasteiger partial charge in [0.15, 0.2) is 0 Å². The zero-order valence-electron chi connectivity index (χ0n) is 20.2. The third-order valence-corrected chi connectivity index (χ3v) is 6.97. The third-order valence-electron chi connectivity index (χ3n) is 6.97. The number of benzene rings is 2. The van der Waals surface area contributed by atoms with Gasteiger partial charge < -0.3 is 10.1 Å². The van der Waals surface area contributed by atoms with Crippen LogP contribution in [0.3, 0.4) is 0 Å². The van der Waals surface area contributed by atoms with Gasteiger partial charge in [0, 0.05) is 29.6 Å². The van der Waals surface area contributed by atoms with Crippen LogP contribution in [-0.4, -0.2) is 35.2 Å². The second-order valence-electron chi connectivity index (χ2n) is 9.35. The number of para-hydroxylation sites is 1. The van der Waals surface area contributed by atoms with E-state index < -0.39 is 5.41 Å². The van der Waals surface area contributed by atoms with Crippen LogP contribution in [-0.2, 0) is 11.2 Å². The minimum absolute atomic E-state index is 0.189. The van der Waals surface area contributed by atoms with Crippen LogP contribution in [0.2, 0.25) is 0 Å². The van der Waals surface area contributed by atoms with Crippen LogP contribution >= 0.6 is 0 Å². The van der Waals surface area contributed by atoms with Gasteiger partial charge in [0.1, 0.15) is 5.75 Å². The van der Waals surface area contributed by atoms with Crippen molar-refractivity contribution in [3.8, 4) is 5.75 Å². The molecule has 0 atom stereocenters. The van der Waals surface area contributed by atoms with Gasteiger partial charge in [-0.2, -0.15) is 0 Å². The van der Waals surface area contributed by atoms with Crippen molar-refractivity contribution in [2.24, 2.45) is 5.41 Å². The molecule has 1 saturated carbocycles. The molecular formula is C28H33N3O4. The van der Waals surface area contributed by atoms with Crippen LogP contribution < -0.4 is 15.5 Å². The Morgan fingerprint density at radius 1 is 1.06 bits per heavy atom. The number of hydrogen-bond donors (Lipinski definition) is 3. The molecule has 2 aromatic carbocycles. The quantitative estimate of drug-likeness (QED) is 0.307. The Morgan fingerprint density at radius 2 is 1.80 bits per heavy atom. The summed E-state index contributed by atoms with van der Waals surface area (Å²) < 4.78 is 5.93. The highest BCUT2D eigenvalue weighted by Gasteiger charge is 2.38. The third kappa shape index (κ3) is 5.98. The summed E-state index contributed by atoms with van der Waals surface area (Å²) in [6, 6.07) is 17.3. The Bertz CT molecular complexity index is 1170. The topological polar surface area (TPSA) is 101 Å². The first kappa shape index (κ1) is 24.7. The molecule has 184 valence electrons. The molecule has 0 spiro atoms. The number of nitrogens with one attached hydrogen (secondary N) is 2. The molecule has 2 amide bonds. The summed E-state index contributed by atoms with van der Waals surface area (Å²) in [5, 5.41) is 13.2. The normalized spacial score (nSPS) is 14.9. The maximum Gasteiger partial charge on any atom is 0.251 e. The van der Waals surface area contributed by atoms with Gasteiger partial charge in [-0.25, -0.2) is 5.48 Å². The molecule has 0 bridgehead atoms. The van der Waals surface area contributed by atoms with E-state index in [2.05, 4.69) is 22.4 Å². The van der Waals surface area contributed by atoms with Crippen molar-refractivity contribution in [3.63, 3.8) is 0 Å². The van der Waals surface area contributed by atoms with E-state index in [0.29, 0.717) is 30.9 Å². The highest BCUT2D eigenvalue weighted by molar-refractivity contribution is 5.94. The van der Waals surface area contributed by atoms with E-state index >= 15 is 0 Å². The van der Waals surface area contributed by atoms with E-state index in [-0.39, 0.29) is 11.8 Å². The molecule has 1 aromatic heterocycles. The summed E-state index contributed by atoms with van der Waals surface area (Å²) in [6.07, 6.45) is 5.75. The van der Waals surface area contributed by atoms with Gasteiger partial charge in [-0.05, 0) is 68.1 Å². The fourth-order valence-electron chi connectivity index (χ4n) is 5.04. The van der Waals surface area contributed by atoms with E-state index in [1.807, 2.05) is 30.6 Å². The Morgan fingerprint density at radius 3 is 2.54 bits per heavy atom. The first-order valence-electron chi connectivity index (χ1n) is 12.3. The van der Waals surface area contributed by atoms with Crippen molar-refractivity contribution >= 4 is 22.7 Å². The van der Waals surface area contributed by atoms with Crippen molar-refractivity contribution in [3.05, 3.63) is 71.4 Å². The van der Waals surface area contributed by atoms with Crippen LogP contribution in [0.4, 0.5) is 0 Å². The summed E-state index contributed by atoms with van der Waals surface area (Å²) in [4.78, 5) is 29.4. The number of aromatic nitrogens is 1. The number of nitrogens with zero attached hydrogens (tertiary/aromatic N) is 1. The predicted octanol–water partition coefficient (Wildman–Crippen LogP) is 4.74. The van der Waals surface area contributed by atoms with Gasteiger partial charge in [0.2, 0.25) is 5.91 Å². The lowest BCUT2D eigenvalue weighted by Gasteiger charge is -2.35. The van der Waals surface area contributed by atoms with Gasteiger partial charge >= 0.3 is 0 Å². The number of rotatable bonds is 9. The van der Waals surface area contributed by atoms with Gasteiger partial charge in [-0.1, -0.05) is 37.5 Å². The summed E-state index contributed by atoms with van der Waals surface area (Å²) in [7, 11) is 0. The lowest BCUT2D eigenvalue weighted by molar-refractivity contribution is -0.142. The summed E-state index contributed by atoms with van der Waals surface area (Å²) >= 11 is 0. The Hall–Kier alpha value is -3.45. The van der Waals surface area contributed by atoms with E-state index in [0.717, 1.165) is 55.1 Å². The summed E-state index contributed by atoms with van der Waals surface area (Å²) in [6.45, 7) is 2.90. The SMILES string of the molecule is Cc1cc(CCOc2ccc(C(=O)NCCC3(C(=O)NO)CCCCC3)cc2)c2ccccc2n1. The number of ether oxygens (including phenoxy) is 1. The molecule has 3 aromatic rings. The molecule has 3 N–H and O–H groups in total. The Balaban J connectivity index is 1.28. The fraction of sp³-hybridized carbons (Fsp3) is 0.393. The van der Waals surface area contributed by atoms with E-state index in [1.54, 1.807) is 24.3 Å². The number of carbonyl (C=O) groups is 2. The van der Waals surface area contributed by atoms with Gasteiger partial charge in [-0.15, -0.1) is 0 Å². The highest BCUT2D eigenvalue weighted by Crippen LogP contribution is 2.39. The van der Waals surface area contributed by atoms with Crippen LogP contribution in [0, 0.1) is 12.3 Å². The van der Waals surface area contributed by atoms with Crippen molar-refractivity contribution in [2.75, 3.05) is 13.2 Å². The van der Waals surface area contributed by atoms with Gasteiger partial charge in [0.25, 0.3) is 5.91 Å². The number of hydrogen-bond acceptors (Lipinski definition) is 5. The fourth-order valence-corrected chi connectivity index (χ4v) is 5.04. The minimum Gasteiger partial charge on any atom is -0.493 e. The average Bonchev–Trinajstić information content (AvgIpc) is 2.89. The van der Waals surface area contributed by atoms with Crippen molar-refractivity contribution in [2.45, 2.75) is 51.9 Å². The van der Waals surface area contributed by atoms with E-state index in [4.69, 9.17) is 9.94 Å². The monoisotopic (exact) mass is 475 g/mol. The second-order valence-corrected chi connectivity index (χ2v) is 9.35. The maximum absolute atomic E-state index is 12.6. The molecule has 0 unspecified atom stereocenters. The minimum atomic E-state index is -0.601. The van der Waals surface area contributed by atoms with Gasteiger partial charge in [0.05, 0.1) is 17.5 Å². The number of fused-ring (bicyclic) bond motifs is 1. The van der Waals surface area contributed by atoms with Gasteiger partial charge in [-0.3, -0.25) is 19.8 Å². The molecule has 0 aliphatic heterocycles. The standard InChI is InChI=1S/C28H33N3O4/c1-20-19-22(24-7-3-4-8-25(24)30-20)13-18-35-23-11-9-21(10-12-23)26(32)29-17-16-28(27(33)31-34)14-5-2-6-15-28/h3-4,7-12,19,34H,2,5-6,13-18H2,1H3,(H,29,32)(H,31,33). The second kappa shape index (κ2) is 11.3. The molecule has 7 nitrogen and oxygen atoms in total. The lowest BCUT2D eigenvalue weighted by Crippen LogP contribution is -2.43. The van der Waals surface area contributed by atoms with Crippen molar-refractivity contribution < 1.29 is 19.5 Å². The average molecular weight is 476 g/mol. The van der Waals surface area contributed by atoms with Crippen LogP contribution in [0.1, 0.15) is 60.1 Å². The molecular weight excluding hydrogens is 442 g/mol. The molecule has 1 aliphatic carbocycles. The molecule has 1 aliphatic rings. The molecule has 1 fully saturated rings. The van der Waals surface area contributed by atoms with Crippen LogP contribution in [0.15, 0.2) is 54.6 Å². The van der Waals surface area contributed by atoms with Crippen LogP contribution in [0.5, 0.6) is 5.75 Å². The highest BCUT2D eigenvalue weighted by atomic mass is 16.5. The Labute approximate surface area is 205 Å². The zero-order chi connectivity index (χ0) is 24.7. The zero-order valence-corrected chi connectivity index (χ0v) is 20.2. The number of amides is 2. The summed E-state index contributed by atoms with van der Waals surface area (Å²) in [5.41, 5.74) is 4.94. The molecule has 35 heavy (non-hydrogen) atoms. The first-order chi connectivity index (χ1) is 17.0. The molecule has 0 radical (unpaired) electrons. The van der Waals surface area contributed by atoms with E-state index in [9.17, 15) is 9.59 Å². The summed E-state index contributed by atoms with van der Waals surface area (Å²) in [5.74, 6) is 0.172. The predicted molar refractivity (Wildman–Crippen MR) is 135 cm³/mol.